The van der Waals surface area contributed by atoms with Crippen molar-refractivity contribution in [3.8, 4) is 0 Å². The van der Waals surface area contributed by atoms with Gasteiger partial charge < -0.3 is 10.2 Å². The molecule has 0 aliphatic rings. The maximum absolute atomic E-state index is 14.0. The lowest BCUT2D eigenvalue weighted by Gasteiger charge is -2.19. The number of halogens is 1. The lowest BCUT2D eigenvalue weighted by atomic mass is 10.2. The van der Waals surface area contributed by atoms with Gasteiger partial charge in [0.25, 0.3) is 0 Å². The van der Waals surface area contributed by atoms with Gasteiger partial charge in [-0.1, -0.05) is 6.07 Å². The van der Waals surface area contributed by atoms with Crippen molar-refractivity contribution < 1.29 is 12.8 Å². The van der Waals surface area contributed by atoms with Crippen LogP contribution in [-0.4, -0.2) is 58.9 Å². The number of benzene rings is 1. The molecule has 1 aromatic rings. The van der Waals surface area contributed by atoms with E-state index in [0.29, 0.717) is 25.1 Å². The van der Waals surface area contributed by atoms with Gasteiger partial charge in [0, 0.05) is 20.1 Å². The monoisotopic (exact) mass is 317 g/mol. The highest BCUT2D eigenvalue weighted by atomic mass is 32.2. The molecule has 0 spiro atoms. The summed E-state index contributed by atoms with van der Waals surface area (Å²) >= 11 is 0. The third-order valence-electron chi connectivity index (χ3n) is 3.14. The molecule has 0 radical (unpaired) electrons. The molecule has 0 aliphatic heterocycles. The van der Waals surface area contributed by atoms with Crippen molar-refractivity contribution in [2.45, 2.75) is 17.9 Å². The van der Waals surface area contributed by atoms with Gasteiger partial charge in [-0.25, -0.2) is 17.1 Å². The summed E-state index contributed by atoms with van der Waals surface area (Å²) in [5.74, 6) is -0.706. The lowest BCUT2D eigenvalue weighted by Crippen LogP contribution is -2.30. The average molecular weight is 317 g/mol. The smallest absolute Gasteiger partial charge is 0.245 e. The molecule has 7 heteroatoms. The van der Waals surface area contributed by atoms with Crippen LogP contribution >= 0.6 is 0 Å². The Bertz CT molecular complexity index is 561. The summed E-state index contributed by atoms with van der Waals surface area (Å²) in [5.41, 5.74) is 0.712. The molecule has 0 heterocycles. The number of rotatable bonds is 8. The molecule has 0 amide bonds. The Morgan fingerprint density at radius 1 is 1.19 bits per heavy atom. The molecular formula is C14H24FN3O2S. The zero-order valence-corrected chi connectivity index (χ0v) is 13.9. The van der Waals surface area contributed by atoms with Crippen molar-refractivity contribution in [1.29, 1.82) is 0 Å². The first-order valence-electron chi connectivity index (χ1n) is 6.83. The van der Waals surface area contributed by atoms with E-state index in [1.54, 1.807) is 13.1 Å². The van der Waals surface area contributed by atoms with Crippen molar-refractivity contribution in [2.75, 3.05) is 41.3 Å². The Morgan fingerprint density at radius 3 is 2.38 bits per heavy atom. The van der Waals surface area contributed by atoms with Crippen LogP contribution in [0, 0.1) is 5.82 Å². The Kier molecular flexibility index (Phi) is 6.73. The molecule has 5 nitrogen and oxygen atoms in total. The van der Waals surface area contributed by atoms with Gasteiger partial charge in [-0.05, 0) is 51.8 Å². The van der Waals surface area contributed by atoms with Crippen molar-refractivity contribution in [1.82, 2.24) is 14.5 Å². The first-order valence-corrected chi connectivity index (χ1v) is 8.27. The van der Waals surface area contributed by atoms with E-state index in [9.17, 15) is 12.8 Å². The van der Waals surface area contributed by atoms with Gasteiger partial charge in [-0.2, -0.15) is 0 Å². The van der Waals surface area contributed by atoms with Crippen molar-refractivity contribution in [3.63, 3.8) is 0 Å². The van der Waals surface area contributed by atoms with E-state index < -0.39 is 15.8 Å². The van der Waals surface area contributed by atoms with Gasteiger partial charge in [0.1, 0.15) is 10.7 Å². The quantitative estimate of drug-likeness (QED) is 0.781. The molecule has 1 aromatic carbocycles. The van der Waals surface area contributed by atoms with Gasteiger partial charge >= 0.3 is 0 Å². The molecule has 0 fully saturated rings. The maximum Gasteiger partial charge on any atom is 0.245 e. The SMILES string of the molecule is CNCc1ccc(S(=O)(=O)N(C)CCCN(C)C)c(F)c1. The zero-order valence-electron chi connectivity index (χ0n) is 13.1. The molecular weight excluding hydrogens is 293 g/mol. The molecule has 1 rings (SSSR count). The van der Waals surface area contributed by atoms with Crippen LogP contribution in [0.2, 0.25) is 0 Å². The summed E-state index contributed by atoms with van der Waals surface area (Å²) in [5, 5.41) is 2.90. The third-order valence-corrected chi connectivity index (χ3v) is 5.03. The van der Waals surface area contributed by atoms with E-state index in [1.165, 1.54) is 23.5 Å². The summed E-state index contributed by atoms with van der Waals surface area (Å²) in [6.07, 6.45) is 0.697. The minimum Gasteiger partial charge on any atom is -0.316 e. The molecule has 0 aliphatic carbocycles. The van der Waals surface area contributed by atoms with Crippen LogP contribution in [0.1, 0.15) is 12.0 Å². The van der Waals surface area contributed by atoms with E-state index in [1.807, 2.05) is 19.0 Å². The summed E-state index contributed by atoms with van der Waals surface area (Å²) in [7, 11) is 3.30. The molecule has 0 saturated carbocycles. The average Bonchev–Trinajstić information content (AvgIpc) is 2.38. The van der Waals surface area contributed by atoms with Gasteiger partial charge in [-0.3, -0.25) is 0 Å². The molecule has 0 atom stereocenters. The predicted octanol–water partition coefficient (Wildman–Crippen LogP) is 1.12. The van der Waals surface area contributed by atoms with Crippen LogP contribution in [-0.2, 0) is 16.6 Å². The standard InChI is InChI=1S/C14H24FN3O2S/c1-16-11-12-6-7-14(13(15)10-12)21(19,20)18(4)9-5-8-17(2)3/h6-7,10,16H,5,8-9,11H2,1-4H3. The number of nitrogens with one attached hydrogen (secondary N) is 1. The predicted molar refractivity (Wildman–Crippen MR) is 82.2 cm³/mol. The molecule has 1 N–H and O–H groups in total. The molecule has 0 unspecified atom stereocenters. The van der Waals surface area contributed by atoms with Gasteiger partial charge in [-0.15, -0.1) is 0 Å². The molecule has 0 aromatic heterocycles. The second-order valence-corrected chi connectivity index (χ2v) is 7.29. The highest BCUT2D eigenvalue weighted by molar-refractivity contribution is 7.89. The maximum atomic E-state index is 14.0. The van der Waals surface area contributed by atoms with Crippen LogP contribution in [0.25, 0.3) is 0 Å². The number of nitrogens with zero attached hydrogens (tertiary/aromatic N) is 2. The topological polar surface area (TPSA) is 52.7 Å². The van der Waals surface area contributed by atoms with Crippen molar-refractivity contribution >= 4 is 10.0 Å². The van der Waals surface area contributed by atoms with Gasteiger partial charge in [0.05, 0.1) is 0 Å². The fourth-order valence-corrected chi connectivity index (χ4v) is 3.22. The molecule has 0 bridgehead atoms. The van der Waals surface area contributed by atoms with Crippen LogP contribution in [0.15, 0.2) is 23.1 Å². The second kappa shape index (κ2) is 7.84. The lowest BCUT2D eigenvalue weighted by molar-refractivity contribution is 0.369. The number of sulfonamides is 1. The van der Waals surface area contributed by atoms with E-state index in [2.05, 4.69) is 5.32 Å². The Morgan fingerprint density at radius 2 is 1.86 bits per heavy atom. The molecule has 0 saturated heterocycles. The largest absolute Gasteiger partial charge is 0.316 e. The zero-order chi connectivity index (χ0) is 16.0. The summed E-state index contributed by atoms with van der Waals surface area (Å²) in [4.78, 5) is 1.71. The molecule has 21 heavy (non-hydrogen) atoms. The minimum absolute atomic E-state index is 0.269. The highest BCUT2D eigenvalue weighted by Crippen LogP contribution is 2.19. The third kappa shape index (κ3) is 5.03. The van der Waals surface area contributed by atoms with Crippen LogP contribution in [0.5, 0.6) is 0 Å². The number of hydrogen-bond acceptors (Lipinski definition) is 4. The minimum atomic E-state index is -3.78. The van der Waals surface area contributed by atoms with E-state index >= 15 is 0 Å². The normalized spacial score (nSPS) is 12.3. The van der Waals surface area contributed by atoms with Crippen molar-refractivity contribution in [2.24, 2.45) is 0 Å². The van der Waals surface area contributed by atoms with Crippen LogP contribution < -0.4 is 5.32 Å². The van der Waals surface area contributed by atoms with Crippen LogP contribution in [0.4, 0.5) is 4.39 Å². The number of hydrogen-bond donors (Lipinski definition) is 1. The van der Waals surface area contributed by atoms with Gasteiger partial charge in [0.2, 0.25) is 10.0 Å². The Hall–Kier alpha value is -1.02. The highest BCUT2D eigenvalue weighted by Gasteiger charge is 2.24. The van der Waals surface area contributed by atoms with E-state index in [-0.39, 0.29) is 4.90 Å². The second-order valence-electron chi connectivity index (χ2n) is 5.28. The summed E-state index contributed by atoms with van der Waals surface area (Å²) in [6.45, 7) is 1.64. The van der Waals surface area contributed by atoms with E-state index in [4.69, 9.17) is 0 Å². The Labute approximate surface area is 126 Å². The van der Waals surface area contributed by atoms with Crippen LogP contribution in [0.3, 0.4) is 0 Å². The Balaban J connectivity index is 2.86. The fourth-order valence-electron chi connectivity index (χ4n) is 1.97. The summed E-state index contributed by atoms with van der Waals surface area (Å²) < 4.78 is 39.9. The van der Waals surface area contributed by atoms with Gasteiger partial charge in [0.15, 0.2) is 0 Å². The first-order chi connectivity index (χ1) is 9.78. The van der Waals surface area contributed by atoms with E-state index in [0.717, 1.165) is 6.54 Å². The molecule has 120 valence electrons. The first kappa shape index (κ1) is 18.0. The fraction of sp³-hybridized carbons (Fsp3) is 0.571. The summed E-state index contributed by atoms with van der Waals surface area (Å²) in [6, 6.07) is 4.22. The van der Waals surface area contributed by atoms with Crippen molar-refractivity contribution in [3.05, 3.63) is 29.6 Å².